The number of ether oxygens (including phenoxy) is 1. The van der Waals surface area contributed by atoms with Gasteiger partial charge >= 0.3 is 11.7 Å². The lowest BCUT2D eigenvalue weighted by Crippen LogP contribution is -2.42. The lowest BCUT2D eigenvalue weighted by atomic mass is 10.0. The van der Waals surface area contributed by atoms with E-state index in [0.29, 0.717) is 29.3 Å². The Balaban J connectivity index is 1.51. The van der Waals surface area contributed by atoms with Crippen LogP contribution in [0.2, 0.25) is 0 Å². The fourth-order valence-corrected chi connectivity index (χ4v) is 4.66. The minimum Gasteiger partial charge on any atom is -0.454 e. The summed E-state index contributed by atoms with van der Waals surface area (Å²) in [7, 11) is 2.60. The van der Waals surface area contributed by atoms with Crippen LogP contribution in [0.1, 0.15) is 44.0 Å². The molecule has 186 valence electrons. The first kappa shape index (κ1) is 23.9. The highest BCUT2D eigenvalue weighted by molar-refractivity contribution is 6.08. The van der Waals surface area contributed by atoms with E-state index < -0.39 is 35.2 Å². The number of ketones is 1. The van der Waals surface area contributed by atoms with Gasteiger partial charge in [0.15, 0.2) is 6.61 Å². The van der Waals surface area contributed by atoms with Crippen LogP contribution in [-0.2, 0) is 25.3 Å². The molecular weight excluding hydrogens is 472 g/mol. The molecule has 4 aromatic rings. The maximum Gasteiger partial charge on any atom is 0.339 e. The van der Waals surface area contributed by atoms with Crippen LogP contribution in [0.25, 0.3) is 22.6 Å². The minimum absolute atomic E-state index is 0.278. The van der Waals surface area contributed by atoms with E-state index in [1.807, 2.05) is 48.5 Å². The van der Waals surface area contributed by atoms with Crippen LogP contribution in [0, 0.1) is 0 Å². The molecule has 2 aromatic carbocycles. The Morgan fingerprint density at radius 2 is 1.68 bits per heavy atom. The fourth-order valence-electron chi connectivity index (χ4n) is 4.66. The van der Waals surface area contributed by atoms with Gasteiger partial charge in [0.2, 0.25) is 5.78 Å². The fraction of sp³-hybridized carbons (Fsp3) is 0.179. The minimum atomic E-state index is -0.840. The van der Waals surface area contributed by atoms with Gasteiger partial charge < -0.3 is 10.5 Å². The highest BCUT2D eigenvalue weighted by Gasteiger charge is 2.29. The van der Waals surface area contributed by atoms with Crippen molar-refractivity contribution in [3.05, 3.63) is 103 Å². The highest BCUT2D eigenvalue weighted by atomic mass is 16.5. The molecule has 0 spiro atoms. The standard InChI is InChI=1S/C28H24N4O5/c1-31-25(29)23(26(34)32(2)28(31)36)21(33)15-37-27(35)22-18-10-6-7-11-20(18)30-24-17(12-13-19(22)24)14-16-8-4-3-5-9-16/h3-11,14H,12-13,15,29H2,1-2H3/b17-14-. The number of esters is 1. The molecule has 5 rings (SSSR count). The van der Waals surface area contributed by atoms with Crippen LogP contribution in [0.3, 0.4) is 0 Å². The number of rotatable bonds is 5. The topological polar surface area (TPSA) is 126 Å². The van der Waals surface area contributed by atoms with Crippen LogP contribution in [0.15, 0.2) is 64.2 Å². The number of allylic oxidation sites excluding steroid dienone is 1. The molecule has 0 aliphatic heterocycles. The quantitative estimate of drug-likeness (QED) is 0.333. The molecule has 0 bridgehead atoms. The molecule has 0 amide bonds. The van der Waals surface area contributed by atoms with Crippen molar-refractivity contribution in [1.82, 2.24) is 14.1 Å². The van der Waals surface area contributed by atoms with Gasteiger partial charge in [-0.25, -0.2) is 14.6 Å². The lowest BCUT2D eigenvalue weighted by Gasteiger charge is -2.13. The van der Waals surface area contributed by atoms with E-state index >= 15 is 0 Å². The van der Waals surface area contributed by atoms with E-state index in [-0.39, 0.29) is 5.82 Å². The highest BCUT2D eigenvalue weighted by Crippen LogP contribution is 2.37. The smallest absolute Gasteiger partial charge is 0.339 e. The van der Waals surface area contributed by atoms with Crippen molar-refractivity contribution in [1.29, 1.82) is 0 Å². The predicted octanol–water partition coefficient (Wildman–Crippen LogP) is 2.74. The van der Waals surface area contributed by atoms with E-state index in [9.17, 15) is 19.2 Å². The first-order chi connectivity index (χ1) is 17.8. The molecule has 9 nitrogen and oxygen atoms in total. The number of aromatic nitrogens is 3. The average Bonchev–Trinajstić information content (AvgIpc) is 3.30. The zero-order chi connectivity index (χ0) is 26.3. The molecule has 2 heterocycles. The molecule has 0 atom stereocenters. The molecular formula is C28H24N4O5. The van der Waals surface area contributed by atoms with Gasteiger partial charge in [-0.3, -0.25) is 18.7 Å². The van der Waals surface area contributed by atoms with E-state index in [2.05, 4.69) is 6.08 Å². The lowest BCUT2D eigenvalue weighted by molar-refractivity contribution is 0.0475. The first-order valence-electron chi connectivity index (χ1n) is 11.7. The normalized spacial score (nSPS) is 13.6. The molecule has 0 unspecified atom stereocenters. The molecule has 2 N–H and O–H groups in total. The third-order valence-electron chi connectivity index (χ3n) is 6.61. The SMILES string of the molecule is Cn1c(N)c(C(=O)COC(=O)c2c3c(nc4ccccc24)/C(=C\c2ccccc2)CC3)c(=O)n(C)c1=O. The zero-order valence-electron chi connectivity index (χ0n) is 20.4. The maximum atomic E-state index is 13.4. The Labute approximate surface area is 211 Å². The largest absolute Gasteiger partial charge is 0.454 e. The van der Waals surface area contributed by atoms with Crippen LogP contribution >= 0.6 is 0 Å². The van der Waals surface area contributed by atoms with Gasteiger partial charge in [-0.1, -0.05) is 48.5 Å². The summed E-state index contributed by atoms with van der Waals surface area (Å²) in [6.45, 7) is -0.700. The Hall–Kier alpha value is -4.79. The van der Waals surface area contributed by atoms with Crippen LogP contribution in [0.4, 0.5) is 5.82 Å². The summed E-state index contributed by atoms with van der Waals surface area (Å²) < 4.78 is 7.21. The second-order valence-corrected chi connectivity index (χ2v) is 8.88. The summed E-state index contributed by atoms with van der Waals surface area (Å²) in [5.74, 6) is -1.76. The summed E-state index contributed by atoms with van der Waals surface area (Å²) >= 11 is 0. The Kier molecular flexibility index (Phi) is 6.04. The van der Waals surface area contributed by atoms with E-state index in [1.165, 1.54) is 14.1 Å². The molecule has 1 aliphatic rings. The van der Waals surface area contributed by atoms with Gasteiger partial charge in [-0.05, 0) is 41.7 Å². The number of Topliss-reactive ketones (excluding diaryl/α,β-unsaturated/α-hetero) is 1. The summed E-state index contributed by atoms with van der Waals surface area (Å²) in [6.07, 6.45) is 3.36. The van der Waals surface area contributed by atoms with Crippen molar-refractivity contribution in [2.75, 3.05) is 12.3 Å². The number of benzene rings is 2. The van der Waals surface area contributed by atoms with Crippen LogP contribution < -0.4 is 17.0 Å². The zero-order valence-corrected chi connectivity index (χ0v) is 20.4. The molecule has 0 radical (unpaired) electrons. The van der Waals surface area contributed by atoms with Crippen molar-refractivity contribution in [3.63, 3.8) is 0 Å². The Bertz CT molecular complexity index is 1730. The first-order valence-corrected chi connectivity index (χ1v) is 11.7. The number of pyridine rings is 1. The molecule has 2 aromatic heterocycles. The second kappa shape index (κ2) is 9.34. The van der Waals surface area contributed by atoms with Crippen molar-refractivity contribution in [2.24, 2.45) is 14.1 Å². The van der Waals surface area contributed by atoms with E-state index in [4.69, 9.17) is 15.5 Å². The third kappa shape index (κ3) is 4.14. The second-order valence-electron chi connectivity index (χ2n) is 8.88. The molecule has 0 saturated carbocycles. The number of fused-ring (bicyclic) bond motifs is 2. The molecule has 37 heavy (non-hydrogen) atoms. The molecule has 0 fully saturated rings. The number of anilines is 1. The van der Waals surface area contributed by atoms with E-state index in [0.717, 1.165) is 31.5 Å². The van der Waals surface area contributed by atoms with Crippen molar-refractivity contribution in [3.8, 4) is 0 Å². The number of hydrogen-bond donors (Lipinski definition) is 1. The summed E-state index contributed by atoms with van der Waals surface area (Å²) in [5.41, 5.74) is 8.51. The monoisotopic (exact) mass is 496 g/mol. The average molecular weight is 497 g/mol. The van der Waals surface area contributed by atoms with Gasteiger partial charge in [0.1, 0.15) is 11.4 Å². The number of carbonyl (C=O) groups excluding carboxylic acids is 2. The van der Waals surface area contributed by atoms with Gasteiger partial charge in [-0.2, -0.15) is 0 Å². The number of nitrogens with zero attached hydrogens (tertiary/aromatic N) is 3. The predicted molar refractivity (Wildman–Crippen MR) is 140 cm³/mol. The molecule has 1 aliphatic carbocycles. The summed E-state index contributed by atoms with van der Waals surface area (Å²) in [5, 5.41) is 0.622. The molecule has 9 heteroatoms. The van der Waals surface area contributed by atoms with Gasteiger partial charge in [0.25, 0.3) is 5.56 Å². The van der Waals surface area contributed by atoms with Gasteiger partial charge in [-0.15, -0.1) is 0 Å². The number of hydrogen-bond acceptors (Lipinski definition) is 7. The number of nitrogen functional groups attached to an aromatic ring is 1. The maximum absolute atomic E-state index is 13.4. The van der Waals surface area contributed by atoms with Gasteiger partial charge in [0, 0.05) is 19.5 Å². The number of nitrogens with two attached hydrogens (primary N) is 1. The summed E-state index contributed by atoms with van der Waals surface area (Å²) in [6, 6.07) is 17.1. The number of para-hydroxylation sites is 1. The Morgan fingerprint density at radius 3 is 2.43 bits per heavy atom. The van der Waals surface area contributed by atoms with Crippen molar-refractivity contribution in [2.45, 2.75) is 12.8 Å². The van der Waals surface area contributed by atoms with Crippen LogP contribution in [0.5, 0.6) is 0 Å². The number of carbonyl (C=O) groups is 2. The van der Waals surface area contributed by atoms with Gasteiger partial charge in [0.05, 0.1) is 16.8 Å². The summed E-state index contributed by atoms with van der Waals surface area (Å²) in [4.78, 5) is 55.7. The van der Waals surface area contributed by atoms with E-state index in [1.54, 1.807) is 6.07 Å². The molecule has 0 saturated heterocycles. The third-order valence-corrected chi connectivity index (χ3v) is 6.61. The Morgan fingerprint density at radius 1 is 0.973 bits per heavy atom. The van der Waals surface area contributed by atoms with Crippen molar-refractivity contribution >= 4 is 40.1 Å². The van der Waals surface area contributed by atoms with Crippen LogP contribution in [-0.4, -0.2) is 32.5 Å². The van der Waals surface area contributed by atoms with Crippen molar-refractivity contribution < 1.29 is 14.3 Å².